The number of carboxylic acid groups (broad SMARTS) is 1. The summed E-state index contributed by atoms with van der Waals surface area (Å²) in [5, 5.41) is 12.7. The fourth-order valence-electron chi connectivity index (χ4n) is 2.24. The summed E-state index contributed by atoms with van der Waals surface area (Å²) in [4.78, 5) is 12.9. The van der Waals surface area contributed by atoms with Crippen LogP contribution in [0.1, 0.15) is 30.7 Å². The van der Waals surface area contributed by atoms with Gasteiger partial charge in [-0.25, -0.2) is 0 Å². The monoisotopic (exact) mass is 224 g/mol. The van der Waals surface area contributed by atoms with Crippen molar-refractivity contribution in [2.75, 3.05) is 6.54 Å². The van der Waals surface area contributed by atoms with Gasteiger partial charge in [0.2, 0.25) is 0 Å². The largest absolute Gasteiger partial charge is 0.481 e. The van der Waals surface area contributed by atoms with Crippen LogP contribution in [0, 0.1) is 6.92 Å². The van der Waals surface area contributed by atoms with E-state index in [1.807, 2.05) is 13.0 Å². The second-order valence-electron chi connectivity index (χ2n) is 4.29. The first-order chi connectivity index (χ1) is 7.65. The average molecular weight is 224 g/mol. The maximum atomic E-state index is 10.7. The molecule has 0 bridgehead atoms. The van der Waals surface area contributed by atoms with Gasteiger partial charge in [0, 0.05) is 18.7 Å². The van der Waals surface area contributed by atoms with Crippen molar-refractivity contribution in [3.05, 3.63) is 17.5 Å². The van der Waals surface area contributed by atoms with Gasteiger partial charge >= 0.3 is 5.97 Å². The molecule has 1 aromatic heterocycles. The normalized spacial score (nSPS) is 21.4. The van der Waals surface area contributed by atoms with E-state index in [1.165, 1.54) is 0 Å². The van der Waals surface area contributed by atoms with Gasteiger partial charge in [-0.1, -0.05) is 5.16 Å². The van der Waals surface area contributed by atoms with Crippen molar-refractivity contribution >= 4 is 5.97 Å². The molecule has 5 heteroatoms. The smallest absolute Gasteiger partial charge is 0.304 e. The third kappa shape index (κ3) is 2.61. The summed E-state index contributed by atoms with van der Waals surface area (Å²) in [6.07, 6.45) is 2.24. The summed E-state index contributed by atoms with van der Waals surface area (Å²) in [5.74, 6) is 0.0669. The van der Waals surface area contributed by atoms with Crippen LogP contribution in [0.15, 0.2) is 10.6 Å². The van der Waals surface area contributed by atoms with E-state index in [0.717, 1.165) is 30.8 Å². The second-order valence-corrected chi connectivity index (χ2v) is 4.29. The highest BCUT2D eigenvalue weighted by Gasteiger charge is 2.27. The van der Waals surface area contributed by atoms with Gasteiger partial charge in [-0.2, -0.15) is 0 Å². The summed E-state index contributed by atoms with van der Waals surface area (Å²) in [6, 6.07) is 2.05. The standard InChI is InChI=1S/C11H16N2O3/c1-8-5-9(12-16-8)7-13-4-2-3-10(13)6-11(14)15/h5,10H,2-4,6-7H2,1H3,(H,14,15). The zero-order valence-electron chi connectivity index (χ0n) is 9.35. The first-order valence-electron chi connectivity index (χ1n) is 5.53. The molecule has 0 aromatic carbocycles. The fourth-order valence-corrected chi connectivity index (χ4v) is 2.24. The molecule has 16 heavy (non-hydrogen) atoms. The molecule has 1 N–H and O–H groups in total. The zero-order chi connectivity index (χ0) is 11.5. The van der Waals surface area contributed by atoms with Crippen molar-refractivity contribution in [1.82, 2.24) is 10.1 Å². The quantitative estimate of drug-likeness (QED) is 0.837. The van der Waals surface area contributed by atoms with Gasteiger partial charge in [-0.15, -0.1) is 0 Å². The number of aliphatic carboxylic acids is 1. The van der Waals surface area contributed by atoms with Gasteiger partial charge in [0.1, 0.15) is 5.76 Å². The first kappa shape index (κ1) is 11.1. The molecule has 1 aliphatic heterocycles. The number of likely N-dealkylation sites (tertiary alicyclic amines) is 1. The predicted octanol–water partition coefficient (Wildman–Crippen LogP) is 1.42. The SMILES string of the molecule is Cc1cc(CN2CCCC2CC(=O)O)no1. The lowest BCUT2D eigenvalue weighted by Gasteiger charge is -2.21. The number of carbonyl (C=O) groups is 1. The molecule has 0 radical (unpaired) electrons. The van der Waals surface area contributed by atoms with E-state index in [4.69, 9.17) is 9.63 Å². The zero-order valence-corrected chi connectivity index (χ0v) is 9.35. The lowest BCUT2D eigenvalue weighted by atomic mass is 10.1. The van der Waals surface area contributed by atoms with Gasteiger partial charge in [0.15, 0.2) is 0 Å². The predicted molar refractivity (Wildman–Crippen MR) is 56.9 cm³/mol. The van der Waals surface area contributed by atoms with Crippen LogP contribution in [0.25, 0.3) is 0 Å². The van der Waals surface area contributed by atoms with Crippen LogP contribution in [0.5, 0.6) is 0 Å². The van der Waals surface area contributed by atoms with Crippen LogP contribution in [0.3, 0.4) is 0 Å². The molecule has 1 unspecified atom stereocenters. The molecule has 88 valence electrons. The molecule has 0 saturated carbocycles. The molecule has 1 aliphatic rings. The molecular formula is C11H16N2O3. The molecule has 2 heterocycles. The van der Waals surface area contributed by atoms with Crippen LogP contribution in [0.2, 0.25) is 0 Å². The topological polar surface area (TPSA) is 66.6 Å². The van der Waals surface area contributed by atoms with E-state index >= 15 is 0 Å². The highest BCUT2D eigenvalue weighted by molar-refractivity contribution is 5.67. The summed E-state index contributed by atoms with van der Waals surface area (Å²) >= 11 is 0. The number of carboxylic acids is 1. The molecule has 0 spiro atoms. The lowest BCUT2D eigenvalue weighted by molar-refractivity contribution is -0.138. The number of aromatic nitrogens is 1. The minimum absolute atomic E-state index is 0.148. The van der Waals surface area contributed by atoms with Crippen molar-refractivity contribution in [3.8, 4) is 0 Å². The summed E-state index contributed by atoms with van der Waals surface area (Å²) < 4.78 is 5.00. The van der Waals surface area contributed by atoms with Crippen LogP contribution in [-0.2, 0) is 11.3 Å². The average Bonchev–Trinajstić information content (AvgIpc) is 2.77. The molecule has 2 rings (SSSR count). The molecule has 1 aromatic rings. The van der Waals surface area contributed by atoms with Gasteiger partial charge in [-0.05, 0) is 26.3 Å². The van der Waals surface area contributed by atoms with Crippen molar-refractivity contribution in [2.24, 2.45) is 0 Å². The molecule has 1 fully saturated rings. The highest BCUT2D eigenvalue weighted by atomic mass is 16.5. The summed E-state index contributed by atoms with van der Waals surface area (Å²) in [5.41, 5.74) is 0.884. The Balaban J connectivity index is 1.95. The van der Waals surface area contributed by atoms with Crippen LogP contribution < -0.4 is 0 Å². The highest BCUT2D eigenvalue weighted by Crippen LogP contribution is 2.22. The third-order valence-corrected chi connectivity index (χ3v) is 2.95. The Hall–Kier alpha value is -1.36. The minimum atomic E-state index is -0.728. The van der Waals surface area contributed by atoms with E-state index in [2.05, 4.69) is 10.1 Å². The minimum Gasteiger partial charge on any atom is -0.481 e. The summed E-state index contributed by atoms with van der Waals surface area (Å²) in [7, 11) is 0. The maximum absolute atomic E-state index is 10.7. The number of hydrogen-bond donors (Lipinski definition) is 1. The molecule has 0 aliphatic carbocycles. The van der Waals surface area contributed by atoms with Crippen LogP contribution >= 0.6 is 0 Å². The Labute approximate surface area is 94.0 Å². The number of rotatable bonds is 4. The Morgan fingerprint density at radius 1 is 1.75 bits per heavy atom. The fraction of sp³-hybridized carbons (Fsp3) is 0.636. The third-order valence-electron chi connectivity index (χ3n) is 2.95. The van der Waals surface area contributed by atoms with Gasteiger partial charge in [0.25, 0.3) is 0 Å². The Kier molecular flexibility index (Phi) is 3.24. The molecular weight excluding hydrogens is 208 g/mol. The molecule has 1 saturated heterocycles. The Morgan fingerprint density at radius 2 is 2.56 bits per heavy atom. The number of hydrogen-bond acceptors (Lipinski definition) is 4. The lowest BCUT2D eigenvalue weighted by Crippen LogP contribution is -2.30. The first-order valence-corrected chi connectivity index (χ1v) is 5.53. The number of nitrogens with zero attached hydrogens (tertiary/aromatic N) is 2. The van der Waals surface area contributed by atoms with E-state index in [-0.39, 0.29) is 12.5 Å². The van der Waals surface area contributed by atoms with Crippen molar-refractivity contribution in [3.63, 3.8) is 0 Å². The van der Waals surface area contributed by atoms with Crippen molar-refractivity contribution in [2.45, 2.75) is 38.8 Å². The van der Waals surface area contributed by atoms with E-state index in [1.54, 1.807) is 0 Å². The Morgan fingerprint density at radius 3 is 3.19 bits per heavy atom. The summed E-state index contributed by atoms with van der Waals surface area (Å²) in [6.45, 7) is 3.49. The van der Waals surface area contributed by atoms with Crippen LogP contribution in [0.4, 0.5) is 0 Å². The van der Waals surface area contributed by atoms with E-state index < -0.39 is 5.97 Å². The second kappa shape index (κ2) is 4.65. The number of aryl methyl sites for hydroxylation is 1. The van der Waals surface area contributed by atoms with Gasteiger partial charge in [-0.3, -0.25) is 9.69 Å². The molecule has 5 nitrogen and oxygen atoms in total. The Bertz CT molecular complexity index is 375. The molecule has 0 amide bonds. The maximum Gasteiger partial charge on any atom is 0.304 e. The molecule has 1 atom stereocenters. The van der Waals surface area contributed by atoms with Crippen molar-refractivity contribution < 1.29 is 14.4 Å². The van der Waals surface area contributed by atoms with Crippen LogP contribution in [-0.4, -0.2) is 33.7 Å². The van der Waals surface area contributed by atoms with E-state index in [0.29, 0.717) is 6.54 Å². The van der Waals surface area contributed by atoms with Crippen molar-refractivity contribution in [1.29, 1.82) is 0 Å². The van der Waals surface area contributed by atoms with E-state index in [9.17, 15) is 4.79 Å². The van der Waals surface area contributed by atoms with Gasteiger partial charge < -0.3 is 9.63 Å². The van der Waals surface area contributed by atoms with Gasteiger partial charge in [0.05, 0.1) is 12.1 Å².